The summed E-state index contributed by atoms with van der Waals surface area (Å²) < 4.78 is 34.3. The average molecular weight is 418 g/mol. The average Bonchev–Trinajstić information content (AvgIpc) is 3.27. The Balaban J connectivity index is 1.87. The highest BCUT2D eigenvalue weighted by atomic mass is 32.2. The predicted octanol–water partition coefficient (Wildman–Crippen LogP) is 3.19. The van der Waals surface area contributed by atoms with Crippen LogP contribution in [0, 0.1) is 13.8 Å². The second-order valence-electron chi connectivity index (χ2n) is 6.81. The van der Waals surface area contributed by atoms with Crippen LogP contribution in [0.5, 0.6) is 0 Å². The van der Waals surface area contributed by atoms with E-state index in [4.69, 9.17) is 4.52 Å². The molecule has 0 aliphatic carbocycles. The second-order valence-corrected chi connectivity index (χ2v) is 8.68. The number of hydrogen-bond donors (Lipinski definition) is 0. The first-order chi connectivity index (χ1) is 13.8. The Morgan fingerprint density at radius 3 is 2.31 bits per heavy atom. The molecule has 0 unspecified atom stereocenters. The van der Waals surface area contributed by atoms with Crippen LogP contribution >= 0.6 is 0 Å². The number of aryl methyl sites for hydroxylation is 2. The monoisotopic (exact) mass is 417 g/mol. The van der Waals surface area contributed by atoms with Gasteiger partial charge in [0.1, 0.15) is 11.4 Å². The molecule has 0 spiro atoms. The molecule has 29 heavy (non-hydrogen) atoms. The highest BCUT2D eigenvalue weighted by molar-refractivity contribution is 7.89. The van der Waals surface area contributed by atoms with Crippen molar-refractivity contribution in [2.45, 2.75) is 52.5 Å². The van der Waals surface area contributed by atoms with Gasteiger partial charge in [0.15, 0.2) is 0 Å². The van der Waals surface area contributed by atoms with E-state index in [2.05, 4.69) is 22.2 Å². The Kier molecular flexibility index (Phi) is 6.18. The van der Waals surface area contributed by atoms with E-state index in [1.54, 1.807) is 18.5 Å². The van der Waals surface area contributed by atoms with E-state index in [0.717, 1.165) is 12.0 Å². The number of rotatable bonds is 8. The molecule has 2 aromatic heterocycles. The Morgan fingerprint density at radius 2 is 1.72 bits per heavy atom. The van der Waals surface area contributed by atoms with Crippen LogP contribution in [0.1, 0.15) is 43.6 Å². The zero-order valence-corrected chi connectivity index (χ0v) is 18.3. The summed E-state index contributed by atoms with van der Waals surface area (Å²) in [5.41, 5.74) is 3.13. The predicted molar refractivity (Wildman–Crippen MR) is 110 cm³/mol. The van der Waals surface area contributed by atoms with Crippen LogP contribution < -0.4 is 0 Å². The normalized spacial score (nSPS) is 12.1. The van der Waals surface area contributed by atoms with E-state index < -0.39 is 10.0 Å². The van der Waals surface area contributed by atoms with Gasteiger partial charge in [0.05, 0.1) is 11.4 Å². The van der Waals surface area contributed by atoms with Crippen molar-refractivity contribution in [1.29, 1.82) is 0 Å². The highest BCUT2D eigenvalue weighted by Gasteiger charge is 2.29. The molecule has 9 heteroatoms. The molecule has 3 aromatic rings. The standard InChI is InChI=1S/C20H27N5O3S/c1-6-16-9-11-17(12-10-16)20-21-18(28-23-20)13-25-15(5)19(14(4)22-25)29(26,27)24(7-2)8-3/h9-12H,6-8,13H2,1-5H3. The molecule has 0 fully saturated rings. The maximum absolute atomic E-state index is 13.0. The fraction of sp³-hybridized carbons (Fsp3) is 0.450. The first-order valence-electron chi connectivity index (χ1n) is 9.77. The molecule has 3 rings (SSSR count). The lowest BCUT2D eigenvalue weighted by Crippen LogP contribution is -2.31. The maximum atomic E-state index is 13.0. The van der Waals surface area contributed by atoms with E-state index in [9.17, 15) is 8.42 Å². The van der Waals surface area contributed by atoms with Crippen molar-refractivity contribution < 1.29 is 12.9 Å². The van der Waals surface area contributed by atoms with Crippen LogP contribution in [-0.2, 0) is 23.0 Å². The summed E-state index contributed by atoms with van der Waals surface area (Å²) in [7, 11) is -3.60. The lowest BCUT2D eigenvalue weighted by molar-refractivity contribution is 0.364. The molecule has 0 radical (unpaired) electrons. The third kappa shape index (κ3) is 4.11. The SMILES string of the molecule is CCc1ccc(-c2noc(Cn3nc(C)c(S(=O)(=O)N(CC)CC)c3C)n2)cc1. The van der Waals surface area contributed by atoms with E-state index >= 15 is 0 Å². The Bertz CT molecular complexity index is 1080. The van der Waals surface area contributed by atoms with Gasteiger partial charge < -0.3 is 4.52 Å². The van der Waals surface area contributed by atoms with Gasteiger partial charge in [-0.25, -0.2) is 8.42 Å². The molecular weight excluding hydrogens is 390 g/mol. The van der Waals surface area contributed by atoms with Gasteiger partial charge in [0.25, 0.3) is 0 Å². The summed E-state index contributed by atoms with van der Waals surface area (Å²) in [5.74, 6) is 0.872. The van der Waals surface area contributed by atoms with Gasteiger partial charge in [0.2, 0.25) is 21.7 Å². The Hall–Kier alpha value is -2.52. The van der Waals surface area contributed by atoms with Crippen molar-refractivity contribution in [1.82, 2.24) is 24.2 Å². The minimum absolute atomic E-state index is 0.209. The molecule has 156 valence electrons. The molecule has 2 heterocycles. The quantitative estimate of drug-likeness (QED) is 0.559. The number of aromatic nitrogens is 4. The van der Waals surface area contributed by atoms with Gasteiger partial charge in [0, 0.05) is 18.7 Å². The third-order valence-corrected chi connectivity index (χ3v) is 7.29. The largest absolute Gasteiger partial charge is 0.337 e. The second kappa shape index (κ2) is 8.46. The summed E-state index contributed by atoms with van der Waals surface area (Å²) in [4.78, 5) is 4.69. The van der Waals surface area contributed by atoms with Gasteiger partial charge in [-0.2, -0.15) is 14.4 Å². The number of sulfonamides is 1. The molecule has 0 saturated carbocycles. The first kappa shape index (κ1) is 21.2. The molecule has 0 atom stereocenters. The summed E-state index contributed by atoms with van der Waals surface area (Å²) in [6.07, 6.45) is 0.967. The molecule has 0 aliphatic rings. The van der Waals surface area contributed by atoms with Crippen LogP contribution in [0.4, 0.5) is 0 Å². The van der Waals surface area contributed by atoms with Crippen molar-refractivity contribution >= 4 is 10.0 Å². The topological polar surface area (TPSA) is 94.1 Å². The molecule has 0 aliphatic heterocycles. The lowest BCUT2D eigenvalue weighted by atomic mass is 10.1. The van der Waals surface area contributed by atoms with Gasteiger partial charge in [-0.3, -0.25) is 4.68 Å². The minimum Gasteiger partial charge on any atom is -0.337 e. The molecule has 0 N–H and O–H groups in total. The minimum atomic E-state index is -3.60. The van der Waals surface area contributed by atoms with Crippen molar-refractivity contribution in [3.05, 3.63) is 47.1 Å². The zero-order chi connectivity index (χ0) is 21.2. The first-order valence-corrected chi connectivity index (χ1v) is 11.2. The smallest absolute Gasteiger partial charge is 0.248 e. The molecule has 1 aromatic carbocycles. The van der Waals surface area contributed by atoms with E-state index in [0.29, 0.717) is 36.2 Å². The van der Waals surface area contributed by atoms with E-state index in [1.807, 2.05) is 38.1 Å². The van der Waals surface area contributed by atoms with Crippen LogP contribution in [0.25, 0.3) is 11.4 Å². The van der Waals surface area contributed by atoms with Crippen molar-refractivity contribution in [3.63, 3.8) is 0 Å². The fourth-order valence-corrected chi connectivity index (χ4v) is 5.19. The van der Waals surface area contributed by atoms with Gasteiger partial charge in [-0.15, -0.1) is 0 Å². The van der Waals surface area contributed by atoms with Crippen molar-refractivity contribution in [2.24, 2.45) is 0 Å². The number of benzene rings is 1. The number of hydrogen-bond acceptors (Lipinski definition) is 6. The van der Waals surface area contributed by atoms with E-state index in [1.165, 1.54) is 9.87 Å². The van der Waals surface area contributed by atoms with E-state index in [-0.39, 0.29) is 11.4 Å². The Labute approximate surface area is 171 Å². The molecule has 0 bridgehead atoms. The van der Waals surface area contributed by atoms with Crippen LogP contribution in [0.2, 0.25) is 0 Å². The zero-order valence-electron chi connectivity index (χ0n) is 17.5. The van der Waals surface area contributed by atoms with Gasteiger partial charge >= 0.3 is 0 Å². The van der Waals surface area contributed by atoms with Gasteiger partial charge in [-0.1, -0.05) is 50.2 Å². The van der Waals surface area contributed by atoms with Crippen LogP contribution in [0.15, 0.2) is 33.7 Å². The lowest BCUT2D eigenvalue weighted by Gasteiger charge is -2.18. The fourth-order valence-electron chi connectivity index (χ4n) is 3.35. The van der Waals surface area contributed by atoms with Crippen molar-refractivity contribution in [3.8, 4) is 11.4 Å². The molecule has 0 saturated heterocycles. The summed E-state index contributed by atoms with van der Waals surface area (Å²) in [5, 5.41) is 8.46. The summed E-state index contributed by atoms with van der Waals surface area (Å²) in [6.45, 7) is 10.2. The Morgan fingerprint density at radius 1 is 1.07 bits per heavy atom. The third-order valence-electron chi connectivity index (χ3n) is 4.99. The highest BCUT2D eigenvalue weighted by Crippen LogP contribution is 2.24. The summed E-state index contributed by atoms with van der Waals surface area (Å²) >= 11 is 0. The van der Waals surface area contributed by atoms with Gasteiger partial charge in [-0.05, 0) is 25.8 Å². The molecular formula is C20H27N5O3S. The summed E-state index contributed by atoms with van der Waals surface area (Å²) in [6, 6.07) is 8.00. The van der Waals surface area contributed by atoms with Crippen molar-refractivity contribution in [2.75, 3.05) is 13.1 Å². The maximum Gasteiger partial charge on any atom is 0.248 e. The van der Waals surface area contributed by atoms with Crippen LogP contribution in [0.3, 0.4) is 0 Å². The number of nitrogens with zero attached hydrogens (tertiary/aromatic N) is 5. The molecule has 8 nitrogen and oxygen atoms in total. The van der Waals surface area contributed by atoms with Crippen LogP contribution in [-0.4, -0.2) is 45.7 Å². The molecule has 0 amide bonds.